The highest BCUT2D eigenvalue weighted by atomic mass is 16.5. The molecule has 2 atom stereocenters. The highest BCUT2D eigenvalue weighted by molar-refractivity contribution is 5.97. The minimum atomic E-state index is -0.451. The van der Waals surface area contributed by atoms with Gasteiger partial charge >= 0.3 is 0 Å². The molecule has 0 aliphatic carbocycles. The summed E-state index contributed by atoms with van der Waals surface area (Å²) in [5.74, 6) is 0.993. The molecule has 3 heterocycles. The first-order chi connectivity index (χ1) is 21.3. The predicted molar refractivity (Wildman–Crippen MR) is 162 cm³/mol. The SMILES string of the molecule is CCOc1cc2cc(c1)C(=O)N(C)CC(=O)N[C@H]1CN(C(=O)CCCN3CCCCC3=O)CC[C@H]1OCc1cccc(c1)O2. The summed E-state index contributed by atoms with van der Waals surface area (Å²) >= 11 is 0. The number of amides is 4. The lowest BCUT2D eigenvalue weighted by molar-refractivity contribution is -0.138. The summed E-state index contributed by atoms with van der Waals surface area (Å²) in [7, 11) is 1.57. The van der Waals surface area contributed by atoms with E-state index in [-0.39, 0.29) is 36.3 Å². The Kier molecular flexibility index (Phi) is 10.4. The van der Waals surface area contributed by atoms with Crippen LogP contribution in [0.1, 0.15) is 61.4 Å². The van der Waals surface area contributed by atoms with Crippen molar-refractivity contribution >= 4 is 23.6 Å². The van der Waals surface area contributed by atoms with Crippen LogP contribution < -0.4 is 14.8 Å². The van der Waals surface area contributed by atoms with Gasteiger partial charge in [-0.1, -0.05) is 12.1 Å². The van der Waals surface area contributed by atoms with Gasteiger partial charge in [0.05, 0.1) is 31.9 Å². The zero-order valence-corrected chi connectivity index (χ0v) is 25.6. The van der Waals surface area contributed by atoms with Gasteiger partial charge in [-0.2, -0.15) is 0 Å². The molecule has 0 radical (unpaired) electrons. The molecule has 4 bridgehead atoms. The molecule has 0 unspecified atom stereocenters. The van der Waals surface area contributed by atoms with Gasteiger partial charge in [-0.25, -0.2) is 0 Å². The summed E-state index contributed by atoms with van der Waals surface area (Å²) in [6.45, 7) is 4.57. The lowest BCUT2D eigenvalue weighted by Crippen LogP contribution is -2.58. The number of likely N-dealkylation sites (tertiary alicyclic amines) is 2. The van der Waals surface area contributed by atoms with Crippen LogP contribution in [0.3, 0.4) is 0 Å². The number of piperidine rings is 2. The van der Waals surface area contributed by atoms with Crippen LogP contribution in [0.2, 0.25) is 0 Å². The summed E-state index contributed by atoms with van der Waals surface area (Å²) in [6, 6.07) is 12.1. The van der Waals surface area contributed by atoms with Gasteiger partial charge in [-0.3, -0.25) is 19.2 Å². The lowest BCUT2D eigenvalue weighted by Gasteiger charge is -2.39. The van der Waals surface area contributed by atoms with E-state index in [4.69, 9.17) is 14.2 Å². The minimum absolute atomic E-state index is 0.00331. The highest BCUT2D eigenvalue weighted by Gasteiger charge is 2.34. The number of ether oxygens (including phenoxy) is 3. The van der Waals surface area contributed by atoms with Crippen molar-refractivity contribution < 1.29 is 33.4 Å². The number of benzene rings is 2. The Balaban J connectivity index is 1.30. The average Bonchev–Trinajstić information content (AvgIpc) is 3.00. The van der Waals surface area contributed by atoms with E-state index in [0.29, 0.717) is 81.3 Å². The molecule has 0 aromatic heterocycles. The summed E-state index contributed by atoms with van der Waals surface area (Å²) in [6.07, 6.45) is 3.70. The monoisotopic (exact) mass is 606 g/mol. The quantitative estimate of drug-likeness (QED) is 0.536. The molecule has 5 rings (SSSR count). The maximum Gasteiger partial charge on any atom is 0.254 e. The number of fused-ring (bicyclic) bond motifs is 5. The number of nitrogens with zero attached hydrogens (tertiary/aromatic N) is 3. The second kappa shape index (κ2) is 14.6. The summed E-state index contributed by atoms with van der Waals surface area (Å²) < 4.78 is 18.1. The minimum Gasteiger partial charge on any atom is -0.494 e. The smallest absolute Gasteiger partial charge is 0.254 e. The number of hydrogen-bond donors (Lipinski definition) is 1. The average molecular weight is 607 g/mol. The zero-order chi connectivity index (χ0) is 31.1. The molecule has 2 aromatic rings. The molecule has 4 amide bonds. The largest absolute Gasteiger partial charge is 0.494 e. The fourth-order valence-corrected chi connectivity index (χ4v) is 5.97. The van der Waals surface area contributed by atoms with Crippen LogP contribution in [-0.4, -0.2) is 96.9 Å². The number of likely N-dealkylation sites (N-methyl/N-ethyl adjacent to an activating group) is 1. The Hall–Kier alpha value is -4.12. The van der Waals surface area contributed by atoms with Crippen LogP contribution in [0.25, 0.3) is 0 Å². The van der Waals surface area contributed by atoms with E-state index in [2.05, 4.69) is 5.32 Å². The van der Waals surface area contributed by atoms with Gasteiger partial charge in [0.2, 0.25) is 17.7 Å². The molecule has 236 valence electrons. The van der Waals surface area contributed by atoms with Crippen molar-refractivity contribution in [3.63, 3.8) is 0 Å². The van der Waals surface area contributed by atoms with E-state index in [1.807, 2.05) is 36.1 Å². The number of carbonyl (C=O) groups excluding carboxylic acids is 4. The van der Waals surface area contributed by atoms with Crippen LogP contribution in [0, 0.1) is 0 Å². The van der Waals surface area contributed by atoms with Gasteiger partial charge in [-0.15, -0.1) is 0 Å². The zero-order valence-electron chi connectivity index (χ0n) is 25.6. The molecule has 11 heteroatoms. The molecule has 3 aliphatic rings. The van der Waals surface area contributed by atoms with E-state index >= 15 is 0 Å². The molecular formula is C33H42N4O7. The van der Waals surface area contributed by atoms with Crippen LogP contribution in [0.4, 0.5) is 0 Å². The van der Waals surface area contributed by atoms with E-state index < -0.39 is 6.04 Å². The van der Waals surface area contributed by atoms with Gasteiger partial charge in [0.25, 0.3) is 5.91 Å². The molecule has 0 saturated carbocycles. The Morgan fingerprint density at radius 1 is 1.07 bits per heavy atom. The van der Waals surface area contributed by atoms with E-state index in [1.54, 1.807) is 30.1 Å². The van der Waals surface area contributed by atoms with Gasteiger partial charge in [-0.05, 0) is 62.4 Å². The van der Waals surface area contributed by atoms with Gasteiger partial charge in [0.15, 0.2) is 0 Å². The maximum atomic E-state index is 13.4. The van der Waals surface area contributed by atoms with Crippen molar-refractivity contribution in [2.75, 3.05) is 46.4 Å². The molecule has 2 fully saturated rings. The lowest BCUT2D eigenvalue weighted by atomic mass is 10.0. The van der Waals surface area contributed by atoms with Crippen LogP contribution >= 0.6 is 0 Å². The van der Waals surface area contributed by atoms with Gasteiger partial charge in [0.1, 0.15) is 17.2 Å². The van der Waals surface area contributed by atoms with Crippen LogP contribution in [0.5, 0.6) is 17.2 Å². The molecule has 11 nitrogen and oxygen atoms in total. The maximum absolute atomic E-state index is 13.4. The summed E-state index contributed by atoms with van der Waals surface area (Å²) in [5, 5.41) is 3.04. The second-order valence-electron chi connectivity index (χ2n) is 11.6. The number of rotatable bonds is 6. The molecular weight excluding hydrogens is 564 g/mol. The van der Waals surface area contributed by atoms with E-state index in [0.717, 1.165) is 24.9 Å². The van der Waals surface area contributed by atoms with Crippen LogP contribution in [-0.2, 0) is 25.7 Å². The third-order valence-electron chi connectivity index (χ3n) is 8.25. The van der Waals surface area contributed by atoms with Gasteiger partial charge in [0, 0.05) is 57.7 Å². The number of nitrogens with one attached hydrogen (secondary N) is 1. The van der Waals surface area contributed by atoms with E-state index in [9.17, 15) is 19.2 Å². The highest BCUT2D eigenvalue weighted by Crippen LogP contribution is 2.29. The first kappa shape index (κ1) is 31.3. The third kappa shape index (κ3) is 8.07. The molecule has 2 aromatic carbocycles. The molecule has 3 aliphatic heterocycles. The molecule has 1 N–H and O–H groups in total. The molecule has 0 spiro atoms. The van der Waals surface area contributed by atoms with Crippen molar-refractivity contribution in [2.45, 2.75) is 64.2 Å². The number of carbonyl (C=O) groups is 4. The fraction of sp³-hybridized carbons (Fsp3) is 0.515. The Morgan fingerprint density at radius 2 is 1.93 bits per heavy atom. The van der Waals surface area contributed by atoms with Crippen molar-refractivity contribution in [1.29, 1.82) is 0 Å². The topological polar surface area (TPSA) is 118 Å². The predicted octanol–water partition coefficient (Wildman–Crippen LogP) is 3.36. The normalized spacial score (nSPS) is 21.3. The molecule has 2 saturated heterocycles. The van der Waals surface area contributed by atoms with Gasteiger partial charge < -0.3 is 34.2 Å². The standard InChI is InChI=1S/C33H42N4O7/c1-3-42-26-17-24-18-27(19-26)44-25-9-6-8-23(16-25)22-43-29-12-15-37(20-28(29)34-30(38)21-35(2)33(24)41)32(40)11-7-14-36-13-5-4-10-31(36)39/h6,8-9,16-19,28-29H,3-5,7,10-15,20-22H2,1-2H3,(H,34,38)/t28-,29+/m0/s1. The van der Waals surface area contributed by atoms with E-state index in [1.165, 1.54) is 4.90 Å². The number of hydrogen-bond acceptors (Lipinski definition) is 7. The van der Waals surface area contributed by atoms with Crippen molar-refractivity contribution in [3.05, 3.63) is 53.6 Å². The Morgan fingerprint density at radius 3 is 2.75 bits per heavy atom. The van der Waals surface area contributed by atoms with Crippen molar-refractivity contribution in [2.24, 2.45) is 0 Å². The Labute approximate surface area is 258 Å². The fourth-order valence-electron chi connectivity index (χ4n) is 5.97. The van der Waals surface area contributed by atoms with Crippen molar-refractivity contribution in [1.82, 2.24) is 20.0 Å². The first-order valence-corrected chi connectivity index (χ1v) is 15.6. The second-order valence-corrected chi connectivity index (χ2v) is 11.6. The first-order valence-electron chi connectivity index (χ1n) is 15.6. The third-order valence-corrected chi connectivity index (χ3v) is 8.25. The van der Waals surface area contributed by atoms with Crippen LogP contribution in [0.15, 0.2) is 42.5 Å². The molecule has 44 heavy (non-hydrogen) atoms. The Bertz CT molecular complexity index is 1370. The summed E-state index contributed by atoms with van der Waals surface area (Å²) in [5.41, 5.74) is 1.23. The van der Waals surface area contributed by atoms with Crippen molar-refractivity contribution in [3.8, 4) is 17.2 Å². The summed E-state index contributed by atoms with van der Waals surface area (Å²) in [4.78, 5) is 56.9.